The summed E-state index contributed by atoms with van der Waals surface area (Å²) in [6.07, 6.45) is 2.46. The summed E-state index contributed by atoms with van der Waals surface area (Å²) in [6, 6.07) is 14.9. The minimum absolute atomic E-state index is 0.0321. The van der Waals surface area contributed by atoms with Gasteiger partial charge < -0.3 is 14.3 Å². The molecule has 1 amide bonds. The lowest BCUT2D eigenvalue weighted by Crippen LogP contribution is -2.46. The number of carbonyl (C=O) groups is 2. The number of aromatic nitrogens is 1. The molecule has 8 heteroatoms. The van der Waals surface area contributed by atoms with Crippen LogP contribution in [0.1, 0.15) is 5.56 Å². The number of anilines is 1. The number of ether oxygens (including phenoxy) is 1. The first-order valence-electron chi connectivity index (χ1n) is 9.74. The van der Waals surface area contributed by atoms with Gasteiger partial charge in [0.15, 0.2) is 0 Å². The summed E-state index contributed by atoms with van der Waals surface area (Å²) in [6.45, 7) is 0. The van der Waals surface area contributed by atoms with E-state index in [2.05, 4.69) is 4.98 Å². The Hall–Kier alpha value is -4.20. The quantitative estimate of drug-likeness (QED) is 0.464. The molecule has 7 nitrogen and oxygen atoms in total. The van der Waals surface area contributed by atoms with Crippen LogP contribution in [0.2, 0.25) is 0 Å². The van der Waals surface area contributed by atoms with E-state index >= 15 is 0 Å². The Kier molecular flexibility index (Phi) is 5.85. The summed E-state index contributed by atoms with van der Waals surface area (Å²) < 4.78 is 23.9. The fourth-order valence-corrected chi connectivity index (χ4v) is 3.46. The third kappa shape index (κ3) is 4.29. The lowest BCUT2D eigenvalue weighted by molar-refractivity contribution is -0.138. The van der Waals surface area contributed by atoms with Crippen LogP contribution in [0.4, 0.5) is 15.1 Å². The predicted molar refractivity (Wildman–Crippen MR) is 116 cm³/mol. The van der Waals surface area contributed by atoms with E-state index < -0.39 is 23.9 Å². The summed E-state index contributed by atoms with van der Waals surface area (Å²) in [7, 11) is 1.16. The van der Waals surface area contributed by atoms with Gasteiger partial charge in [-0.3, -0.25) is 4.98 Å². The van der Waals surface area contributed by atoms with E-state index in [1.54, 1.807) is 24.5 Å². The van der Waals surface area contributed by atoms with Gasteiger partial charge in [0.1, 0.15) is 17.4 Å². The van der Waals surface area contributed by atoms with E-state index in [9.17, 15) is 19.1 Å². The van der Waals surface area contributed by atoms with Gasteiger partial charge in [-0.15, -0.1) is 0 Å². The van der Waals surface area contributed by atoms with Crippen LogP contribution in [0.5, 0.6) is 0 Å². The molecule has 1 atom stereocenters. The van der Waals surface area contributed by atoms with Gasteiger partial charge in [0.05, 0.1) is 7.11 Å². The molecule has 162 valence electrons. The molecule has 4 aromatic rings. The number of carbonyl (C=O) groups excluding carboxylic acids is 1. The molecule has 2 heterocycles. The van der Waals surface area contributed by atoms with Crippen molar-refractivity contribution in [3.8, 4) is 11.1 Å². The second-order valence-electron chi connectivity index (χ2n) is 7.10. The van der Waals surface area contributed by atoms with E-state index in [4.69, 9.17) is 9.15 Å². The number of nitrogens with zero attached hydrogens (tertiary/aromatic N) is 2. The number of amides is 1. The standard InChI is InChI=1S/C24H19FN2O5/c1-31-24(30)27(20(23(28)29)11-15-4-7-19(25)8-5-15)22-13-18-12-16(6-9-21(18)32-22)17-3-2-10-26-14-17/h2-10,12-14,20H,11H2,1H3,(H,28,29)/t20-/m1/s1. The van der Waals surface area contributed by atoms with Crippen LogP contribution in [-0.4, -0.2) is 35.3 Å². The molecule has 32 heavy (non-hydrogen) atoms. The van der Waals surface area contributed by atoms with Gasteiger partial charge in [-0.25, -0.2) is 18.9 Å². The Morgan fingerprint density at radius 2 is 1.91 bits per heavy atom. The monoisotopic (exact) mass is 434 g/mol. The van der Waals surface area contributed by atoms with Crippen molar-refractivity contribution in [1.82, 2.24) is 4.98 Å². The van der Waals surface area contributed by atoms with Crippen LogP contribution in [0.15, 0.2) is 77.5 Å². The number of carboxylic acid groups (broad SMARTS) is 1. The van der Waals surface area contributed by atoms with E-state index in [-0.39, 0.29) is 12.3 Å². The molecule has 2 aromatic carbocycles. The van der Waals surface area contributed by atoms with E-state index in [0.717, 1.165) is 23.1 Å². The van der Waals surface area contributed by atoms with Gasteiger partial charge in [-0.2, -0.15) is 0 Å². The average molecular weight is 434 g/mol. The van der Waals surface area contributed by atoms with Crippen molar-refractivity contribution in [2.24, 2.45) is 0 Å². The van der Waals surface area contributed by atoms with Gasteiger partial charge in [-0.1, -0.05) is 24.3 Å². The van der Waals surface area contributed by atoms with Crippen LogP contribution in [0.3, 0.4) is 0 Å². The van der Waals surface area contributed by atoms with Gasteiger partial charge in [-0.05, 0) is 41.5 Å². The van der Waals surface area contributed by atoms with Crippen LogP contribution < -0.4 is 4.90 Å². The minimum Gasteiger partial charge on any atom is -0.480 e. The highest BCUT2D eigenvalue weighted by Gasteiger charge is 2.34. The molecular weight excluding hydrogens is 415 g/mol. The predicted octanol–water partition coefficient (Wildman–Crippen LogP) is 4.90. The second kappa shape index (κ2) is 8.89. The number of furan rings is 1. The molecule has 0 radical (unpaired) electrons. The number of aliphatic carboxylic acids is 1. The zero-order valence-electron chi connectivity index (χ0n) is 17.1. The highest BCUT2D eigenvalue weighted by Crippen LogP contribution is 2.32. The van der Waals surface area contributed by atoms with Gasteiger partial charge >= 0.3 is 12.1 Å². The van der Waals surface area contributed by atoms with Crippen LogP contribution in [0, 0.1) is 5.82 Å². The largest absolute Gasteiger partial charge is 0.480 e. The fourth-order valence-electron chi connectivity index (χ4n) is 3.46. The first kappa shape index (κ1) is 21.0. The number of methoxy groups -OCH3 is 1. The number of hydrogen-bond acceptors (Lipinski definition) is 5. The normalized spacial score (nSPS) is 11.8. The molecule has 0 spiro atoms. The van der Waals surface area contributed by atoms with Crippen molar-refractivity contribution in [2.75, 3.05) is 12.0 Å². The number of pyridine rings is 1. The van der Waals surface area contributed by atoms with Crippen LogP contribution in [-0.2, 0) is 16.0 Å². The highest BCUT2D eigenvalue weighted by molar-refractivity contribution is 5.97. The number of benzene rings is 2. The van der Waals surface area contributed by atoms with Crippen LogP contribution in [0.25, 0.3) is 22.1 Å². The molecule has 4 rings (SSSR count). The molecule has 0 saturated carbocycles. The molecule has 0 aliphatic rings. The average Bonchev–Trinajstić information content (AvgIpc) is 3.23. The number of fused-ring (bicyclic) bond motifs is 1. The summed E-state index contributed by atoms with van der Waals surface area (Å²) >= 11 is 0. The maximum Gasteiger partial charge on any atom is 0.417 e. The zero-order valence-corrected chi connectivity index (χ0v) is 17.1. The van der Waals surface area contributed by atoms with Crippen LogP contribution >= 0.6 is 0 Å². The van der Waals surface area contributed by atoms with E-state index in [1.165, 1.54) is 24.3 Å². The van der Waals surface area contributed by atoms with E-state index in [1.807, 2.05) is 24.3 Å². The first-order valence-corrected chi connectivity index (χ1v) is 9.74. The Balaban J connectivity index is 1.73. The third-order valence-corrected chi connectivity index (χ3v) is 5.05. The lowest BCUT2D eigenvalue weighted by atomic mass is 10.0. The number of rotatable bonds is 6. The smallest absolute Gasteiger partial charge is 0.417 e. The molecule has 0 aliphatic carbocycles. The minimum atomic E-state index is -1.33. The Bertz CT molecular complexity index is 1250. The van der Waals surface area contributed by atoms with Crippen molar-refractivity contribution in [3.63, 3.8) is 0 Å². The molecule has 0 bridgehead atoms. The second-order valence-corrected chi connectivity index (χ2v) is 7.10. The fraction of sp³-hybridized carbons (Fsp3) is 0.125. The topological polar surface area (TPSA) is 92.9 Å². The third-order valence-electron chi connectivity index (χ3n) is 5.05. The number of hydrogen-bond donors (Lipinski definition) is 1. The number of carboxylic acids is 1. The summed E-state index contributed by atoms with van der Waals surface area (Å²) in [5.74, 6) is -1.66. The Morgan fingerprint density at radius 1 is 1.12 bits per heavy atom. The molecule has 1 N–H and O–H groups in total. The summed E-state index contributed by atoms with van der Waals surface area (Å²) in [5.41, 5.74) is 2.82. The first-order chi connectivity index (χ1) is 15.5. The molecule has 0 saturated heterocycles. The van der Waals surface area contributed by atoms with Crippen molar-refractivity contribution in [2.45, 2.75) is 12.5 Å². The molecule has 2 aromatic heterocycles. The van der Waals surface area contributed by atoms with Gasteiger partial charge in [0.2, 0.25) is 5.88 Å². The molecular formula is C24H19FN2O5. The number of halogens is 1. The summed E-state index contributed by atoms with van der Waals surface area (Å²) in [4.78, 5) is 29.7. The Labute approximate surface area is 182 Å². The van der Waals surface area contributed by atoms with Crippen molar-refractivity contribution < 1.29 is 28.2 Å². The maximum atomic E-state index is 13.2. The Morgan fingerprint density at radius 3 is 2.56 bits per heavy atom. The van der Waals surface area contributed by atoms with Crippen molar-refractivity contribution >= 4 is 28.9 Å². The van der Waals surface area contributed by atoms with E-state index in [0.29, 0.717) is 16.5 Å². The highest BCUT2D eigenvalue weighted by atomic mass is 19.1. The molecule has 0 fully saturated rings. The van der Waals surface area contributed by atoms with Crippen molar-refractivity contribution in [1.29, 1.82) is 0 Å². The lowest BCUT2D eigenvalue weighted by Gasteiger charge is -2.25. The summed E-state index contributed by atoms with van der Waals surface area (Å²) in [5, 5.41) is 10.5. The molecule has 0 unspecified atom stereocenters. The maximum absolute atomic E-state index is 13.2. The van der Waals surface area contributed by atoms with Gasteiger partial charge in [0, 0.05) is 35.8 Å². The SMILES string of the molecule is COC(=O)N(c1cc2cc(-c3cccnc3)ccc2o1)[C@H](Cc1ccc(F)cc1)C(=O)O. The molecule has 0 aliphatic heterocycles. The van der Waals surface area contributed by atoms with Crippen molar-refractivity contribution in [3.05, 3.63) is 84.4 Å². The zero-order chi connectivity index (χ0) is 22.7. The van der Waals surface area contributed by atoms with Gasteiger partial charge in [0.25, 0.3) is 0 Å².